The Hall–Kier alpha value is -1.69. The maximum absolute atomic E-state index is 12.6. The molecule has 6 heteroatoms. The average molecular weight is 345 g/mol. The smallest absolute Gasteiger partial charge is 0.239 e. The number of hydrogen-bond donors (Lipinski definition) is 0. The fourth-order valence-corrected chi connectivity index (χ4v) is 3.69. The van der Waals surface area contributed by atoms with Gasteiger partial charge in [0.25, 0.3) is 0 Å². The fraction of sp³-hybridized carbons (Fsp3) is 0.737. The minimum absolute atomic E-state index is 0.0152. The van der Waals surface area contributed by atoms with Crippen LogP contribution in [0, 0.1) is 6.92 Å². The van der Waals surface area contributed by atoms with Crippen molar-refractivity contribution < 1.29 is 4.79 Å². The molecule has 3 rings (SSSR count). The van der Waals surface area contributed by atoms with E-state index in [4.69, 9.17) is 4.98 Å². The number of aromatic nitrogens is 2. The molecule has 0 aliphatic carbocycles. The molecule has 1 aromatic heterocycles. The molecule has 0 aromatic carbocycles. The van der Waals surface area contributed by atoms with E-state index in [9.17, 15) is 4.79 Å². The molecule has 6 nitrogen and oxygen atoms in total. The third-order valence-corrected chi connectivity index (χ3v) is 5.34. The lowest BCUT2D eigenvalue weighted by atomic mass is 10.2. The van der Waals surface area contributed by atoms with Gasteiger partial charge in [-0.25, -0.2) is 9.97 Å². The summed E-state index contributed by atoms with van der Waals surface area (Å²) in [6, 6.07) is 2.05. The van der Waals surface area contributed by atoms with E-state index in [1.165, 1.54) is 0 Å². The standard InChI is InChI=1S/C19H31N5O/c1-14(2)18-20-15(3)13-17(21-18)23-11-9-22(10-12-23)16(4)19(25)24-7-5-6-8-24/h13-14,16H,5-12H2,1-4H3/t16-/m1/s1. The highest BCUT2D eigenvalue weighted by Gasteiger charge is 2.30. The molecule has 0 unspecified atom stereocenters. The van der Waals surface area contributed by atoms with Gasteiger partial charge in [-0.1, -0.05) is 13.8 Å². The van der Waals surface area contributed by atoms with Crippen molar-refractivity contribution in [3.63, 3.8) is 0 Å². The quantitative estimate of drug-likeness (QED) is 0.836. The van der Waals surface area contributed by atoms with Crippen molar-refractivity contribution in [3.05, 3.63) is 17.6 Å². The first-order valence-electron chi connectivity index (χ1n) is 9.59. The van der Waals surface area contributed by atoms with Crippen LogP contribution in [0.5, 0.6) is 0 Å². The van der Waals surface area contributed by atoms with E-state index >= 15 is 0 Å². The summed E-state index contributed by atoms with van der Waals surface area (Å²) in [5.41, 5.74) is 1.02. The van der Waals surface area contributed by atoms with Gasteiger partial charge in [0.15, 0.2) is 0 Å². The van der Waals surface area contributed by atoms with Crippen LogP contribution in [-0.4, -0.2) is 71.0 Å². The number of rotatable bonds is 4. The molecule has 0 N–H and O–H groups in total. The Bertz CT molecular complexity index is 604. The van der Waals surface area contributed by atoms with E-state index in [0.717, 1.165) is 69.4 Å². The van der Waals surface area contributed by atoms with Gasteiger partial charge >= 0.3 is 0 Å². The van der Waals surface area contributed by atoms with Crippen LogP contribution < -0.4 is 4.90 Å². The summed E-state index contributed by atoms with van der Waals surface area (Å²) < 4.78 is 0. The molecule has 0 saturated carbocycles. The Morgan fingerprint density at radius 3 is 2.24 bits per heavy atom. The van der Waals surface area contributed by atoms with Crippen LogP contribution in [0.15, 0.2) is 6.07 Å². The summed E-state index contributed by atoms with van der Waals surface area (Å²) >= 11 is 0. The van der Waals surface area contributed by atoms with Gasteiger partial charge in [-0.15, -0.1) is 0 Å². The highest BCUT2D eigenvalue weighted by molar-refractivity contribution is 5.81. The van der Waals surface area contributed by atoms with Crippen molar-refractivity contribution in [2.24, 2.45) is 0 Å². The summed E-state index contributed by atoms with van der Waals surface area (Å²) in [6.45, 7) is 13.8. The van der Waals surface area contributed by atoms with E-state index in [1.54, 1.807) is 0 Å². The first-order chi connectivity index (χ1) is 12.0. The predicted molar refractivity (Wildman–Crippen MR) is 99.9 cm³/mol. The predicted octanol–water partition coefficient (Wildman–Crippen LogP) is 2.04. The summed E-state index contributed by atoms with van der Waals surface area (Å²) in [6.07, 6.45) is 2.30. The van der Waals surface area contributed by atoms with Crippen LogP contribution in [0.4, 0.5) is 5.82 Å². The van der Waals surface area contributed by atoms with Crippen molar-refractivity contribution >= 4 is 11.7 Å². The van der Waals surface area contributed by atoms with Gasteiger partial charge in [0.1, 0.15) is 11.6 Å². The first kappa shape index (κ1) is 18.1. The molecular formula is C19H31N5O. The number of carbonyl (C=O) groups excluding carboxylic acids is 1. The Kier molecular flexibility index (Phi) is 5.57. The monoisotopic (exact) mass is 345 g/mol. The zero-order valence-corrected chi connectivity index (χ0v) is 16.0. The zero-order valence-electron chi connectivity index (χ0n) is 16.0. The number of anilines is 1. The number of aryl methyl sites for hydroxylation is 1. The van der Waals surface area contributed by atoms with Crippen LogP contribution >= 0.6 is 0 Å². The van der Waals surface area contributed by atoms with Crippen LogP contribution in [0.25, 0.3) is 0 Å². The van der Waals surface area contributed by atoms with E-state index in [0.29, 0.717) is 11.8 Å². The second kappa shape index (κ2) is 7.68. The molecule has 25 heavy (non-hydrogen) atoms. The molecule has 0 bridgehead atoms. The van der Waals surface area contributed by atoms with Crippen molar-refractivity contribution in [2.45, 2.75) is 52.5 Å². The number of nitrogens with zero attached hydrogens (tertiary/aromatic N) is 5. The van der Waals surface area contributed by atoms with Crippen molar-refractivity contribution in [2.75, 3.05) is 44.2 Å². The maximum Gasteiger partial charge on any atom is 0.239 e. The number of hydrogen-bond acceptors (Lipinski definition) is 5. The Labute approximate surface area is 151 Å². The minimum Gasteiger partial charge on any atom is -0.354 e. The third kappa shape index (κ3) is 4.11. The van der Waals surface area contributed by atoms with Crippen LogP contribution in [0.1, 0.15) is 51.0 Å². The van der Waals surface area contributed by atoms with Gasteiger partial charge in [-0.05, 0) is 26.7 Å². The van der Waals surface area contributed by atoms with Crippen molar-refractivity contribution in [1.82, 2.24) is 19.8 Å². The van der Waals surface area contributed by atoms with Crippen LogP contribution in [0.2, 0.25) is 0 Å². The van der Waals surface area contributed by atoms with Gasteiger partial charge in [0.05, 0.1) is 6.04 Å². The molecule has 2 saturated heterocycles. The molecule has 2 fully saturated rings. The van der Waals surface area contributed by atoms with Crippen molar-refractivity contribution in [3.8, 4) is 0 Å². The minimum atomic E-state index is -0.0152. The summed E-state index contributed by atoms with van der Waals surface area (Å²) in [5, 5.41) is 0. The molecule has 0 spiro atoms. The molecule has 138 valence electrons. The normalized spacial score (nSPS) is 20.4. The largest absolute Gasteiger partial charge is 0.354 e. The van der Waals surface area contributed by atoms with Gasteiger partial charge in [0.2, 0.25) is 5.91 Å². The lowest BCUT2D eigenvalue weighted by Gasteiger charge is -2.39. The summed E-state index contributed by atoms with van der Waals surface area (Å²) in [7, 11) is 0. The Morgan fingerprint density at radius 1 is 1.00 bits per heavy atom. The average Bonchev–Trinajstić information content (AvgIpc) is 3.14. The zero-order chi connectivity index (χ0) is 18.0. The topological polar surface area (TPSA) is 52.6 Å². The van der Waals surface area contributed by atoms with Crippen LogP contribution in [-0.2, 0) is 4.79 Å². The molecule has 2 aliphatic rings. The summed E-state index contributed by atoms with van der Waals surface area (Å²) in [5.74, 6) is 2.56. The van der Waals surface area contributed by atoms with E-state index in [2.05, 4.69) is 41.6 Å². The molecule has 2 aliphatic heterocycles. The number of amides is 1. The second-order valence-corrected chi connectivity index (χ2v) is 7.61. The van der Waals surface area contributed by atoms with E-state index in [-0.39, 0.29) is 6.04 Å². The van der Waals surface area contributed by atoms with E-state index < -0.39 is 0 Å². The van der Waals surface area contributed by atoms with Gasteiger partial charge in [-0.2, -0.15) is 0 Å². The Balaban J connectivity index is 1.61. The number of carbonyl (C=O) groups is 1. The molecule has 0 radical (unpaired) electrons. The first-order valence-corrected chi connectivity index (χ1v) is 9.59. The van der Waals surface area contributed by atoms with E-state index in [1.807, 2.05) is 11.8 Å². The van der Waals surface area contributed by atoms with Crippen molar-refractivity contribution in [1.29, 1.82) is 0 Å². The van der Waals surface area contributed by atoms with Crippen LogP contribution in [0.3, 0.4) is 0 Å². The molecular weight excluding hydrogens is 314 g/mol. The molecule has 1 aromatic rings. The van der Waals surface area contributed by atoms with Gasteiger partial charge in [-0.3, -0.25) is 9.69 Å². The summed E-state index contributed by atoms with van der Waals surface area (Å²) in [4.78, 5) is 28.6. The highest BCUT2D eigenvalue weighted by Crippen LogP contribution is 2.20. The Morgan fingerprint density at radius 2 is 1.64 bits per heavy atom. The molecule has 1 amide bonds. The lowest BCUT2D eigenvalue weighted by Crippen LogP contribution is -2.54. The molecule has 3 heterocycles. The maximum atomic E-state index is 12.6. The molecule has 1 atom stereocenters. The second-order valence-electron chi connectivity index (χ2n) is 7.61. The highest BCUT2D eigenvalue weighted by atomic mass is 16.2. The number of piperazine rings is 1. The SMILES string of the molecule is Cc1cc(N2CCN([C@H](C)C(=O)N3CCCC3)CC2)nc(C(C)C)n1. The van der Waals surface area contributed by atoms with Gasteiger partial charge < -0.3 is 9.80 Å². The third-order valence-electron chi connectivity index (χ3n) is 5.34. The fourth-order valence-electron chi connectivity index (χ4n) is 3.69. The lowest BCUT2D eigenvalue weighted by molar-refractivity contribution is -0.135. The van der Waals surface area contributed by atoms with Gasteiger partial charge in [0, 0.05) is 56.9 Å². The number of likely N-dealkylation sites (tertiary alicyclic amines) is 1.